The largest absolute Gasteiger partial charge is 0.240 e. The van der Waals surface area contributed by atoms with E-state index in [-0.39, 0.29) is 23.8 Å². The van der Waals surface area contributed by atoms with Crippen LogP contribution in [0.25, 0.3) is 0 Å². The van der Waals surface area contributed by atoms with Crippen LogP contribution < -0.4 is 4.72 Å². The molecule has 2 aromatic rings. The van der Waals surface area contributed by atoms with Gasteiger partial charge in [0.2, 0.25) is 10.0 Å². The highest BCUT2D eigenvalue weighted by molar-refractivity contribution is 7.89. The first-order valence-corrected chi connectivity index (χ1v) is 7.23. The van der Waals surface area contributed by atoms with Gasteiger partial charge in [-0.15, -0.1) is 12.4 Å². The summed E-state index contributed by atoms with van der Waals surface area (Å²) in [5.41, 5.74) is 0.821. The van der Waals surface area contributed by atoms with Gasteiger partial charge in [0, 0.05) is 11.6 Å². The Morgan fingerprint density at radius 3 is 2.32 bits per heavy atom. The molecule has 0 amide bonds. The first-order valence-electron chi connectivity index (χ1n) is 5.37. The summed E-state index contributed by atoms with van der Waals surface area (Å²) in [5.74, 6) is 0. The molecule has 0 aliphatic heterocycles. The van der Waals surface area contributed by atoms with Crippen LogP contribution in [0.3, 0.4) is 0 Å². The van der Waals surface area contributed by atoms with Gasteiger partial charge in [0.1, 0.15) is 0 Å². The highest BCUT2D eigenvalue weighted by Gasteiger charge is 2.12. The number of rotatable bonds is 4. The van der Waals surface area contributed by atoms with Crippen molar-refractivity contribution in [1.82, 2.24) is 4.72 Å². The normalized spacial score (nSPS) is 10.8. The molecule has 0 radical (unpaired) electrons. The Morgan fingerprint density at radius 1 is 1.00 bits per heavy atom. The van der Waals surface area contributed by atoms with E-state index in [9.17, 15) is 8.42 Å². The van der Waals surface area contributed by atoms with E-state index in [2.05, 4.69) is 4.72 Å². The molecule has 0 spiro atoms. The summed E-state index contributed by atoms with van der Waals surface area (Å²) < 4.78 is 26.4. The summed E-state index contributed by atoms with van der Waals surface area (Å²) in [6.07, 6.45) is 0. The van der Waals surface area contributed by atoms with Crippen LogP contribution in [0.1, 0.15) is 5.56 Å². The standard InChI is InChI=1S/C13H12ClNO2S.ClH/c14-12-6-4-5-11(9-12)10-15-18(16,17)13-7-2-1-3-8-13;/h1-9,15H,10H2;1H. The van der Waals surface area contributed by atoms with Crippen molar-refractivity contribution in [3.63, 3.8) is 0 Å². The molecule has 0 aliphatic carbocycles. The SMILES string of the molecule is Cl.O=S(=O)(NCc1cccc(Cl)c1)c1ccccc1. The summed E-state index contributed by atoms with van der Waals surface area (Å²) in [5, 5.41) is 0.589. The van der Waals surface area contributed by atoms with E-state index in [4.69, 9.17) is 11.6 Å². The Hall–Kier alpha value is -1.07. The molecule has 0 aliphatic rings. The van der Waals surface area contributed by atoms with E-state index in [1.165, 1.54) is 0 Å². The fourth-order valence-electron chi connectivity index (χ4n) is 1.51. The zero-order valence-corrected chi connectivity index (χ0v) is 12.3. The fourth-order valence-corrected chi connectivity index (χ4v) is 2.76. The minimum Gasteiger partial charge on any atom is -0.207 e. The Morgan fingerprint density at radius 2 is 1.68 bits per heavy atom. The van der Waals surface area contributed by atoms with Crippen molar-refractivity contribution in [3.05, 3.63) is 65.2 Å². The molecule has 0 atom stereocenters. The van der Waals surface area contributed by atoms with E-state index in [0.717, 1.165) is 5.56 Å². The van der Waals surface area contributed by atoms with Gasteiger partial charge in [-0.3, -0.25) is 0 Å². The van der Waals surface area contributed by atoms with Crippen molar-refractivity contribution >= 4 is 34.0 Å². The second kappa shape index (κ2) is 6.91. The highest BCUT2D eigenvalue weighted by atomic mass is 35.5. The smallest absolute Gasteiger partial charge is 0.207 e. The topological polar surface area (TPSA) is 46.2 Å². The Bertz CT molecular complexity index is 630. The number of benzene rings is 2. The third kappa shape index (κ3) is 4.51. The lowest BCUT2D eigenvalue weighted by Gasteiger charge is -2.06. The van der Waals surface area contributed by atoms with Gasteiger partial charge in [-0.1, -0.05) is 41.9 Å². The molecule has 3 nitrogen and oxygen atoms in total. The van der Waals surface area contributed by atoms with Crippen LogP contribution in [0.4, 0.5) is 0 Å². The van der Waals surface area contributed by atoms with E-state index in [1.54, 1.807) is 48.5 Å². The predicted octanol–water partition coefficient (Wildman–Crippen LogP) is 3.24. The molecular formula is C13H13Cl2NO2S. The molecule has 0 bridgehead atoms. The number of halogens is 2. The van der Waals surface area contributed by atoms with Crippen molar-refractivity contribution in [2.45, 2.75) is 11.4 Å². The van der Waals surface area contributed by atoms with Gasteiger partial charge in [0.25, 0.3) is 0 Å². The zero-order valence-electron chi connectivity index (χ0n) is 9.91. The van der Waals surface area contributed by atoms with Gasteiger partial charge in [-0.2, -0.15) is 0 Å². The van der Waals surface area contributed by atoms with Crippen LogP contribution in [0.2, 0.25) is 5.02 Å². The van der Waals surface area contributed by atoms with Gasteiger partial charge in [-0.05, 0) is 29.8 Å². The zero-order chi connectivity index (χ0) is 13.0. The molecule has 2 aromatic carbocycles. The molecule has 6 heteroatoms. The minimum absolute atomic E-state index is 0. The van der Waals surface area contributed by atoms with Crippen LogP contribution in [0, 0.1) is 0 Å². The third-order valence-corrected chi connectivity index (χ3v) is 4.06. The van der Waals surface area contributed by atoms with Crippen molar-refractivity contribution in [3.8, 4) is 0 Å². The van der Waals surface area contributed by atoms with E-state index >= 15 is 0 Å². The lowest BCUT2D eigenvalue weighted by molar-refractivity contribution is 0.581. The van der Waals surface area contributed by atoms with Crippen molar-refractivity contribution < 1.29 is 8.42 Å². The highest BCUT2D eigenvalue weighted by Crippen LogP contribution is 2.12. The molecule has 0 saturated heterocycles. The monoisotopic (exact) mass is 317 g/mol. The molecule has 102 valence electrons. The number of nitrogens with one attached hydrogen (secondary N) is 1. The molecule has 19 heavy (non-hydrogen) atoms. The van der Waals surface area contributed by atoms with Crippen LogP contribution >= 0.6 is 24.0 Å². The molecule has 0 aromatic heterocycles. The van der Waals surface area contributed by atoms with E-state index in [1.807, 2.05) is 6.07 Å². The van der Waals surface area contributed by atoms with Crippen molar-refractivity contribution in [2.75, 3.05) is 0 Å². The summed E-state index contributed by atoms with van der Waals surface area (Å²) in [6, 6.07) is 15.3. The summed E-state index contributed by atoms with van der Waals surface area (Å²) in [6.45, 7) is 0.220. The molecule has 0 saturated carbocycles. The maximum Gasteiger partial charge on any atom is 0.240 e. The Balaban J connectivity index is 0.00000180. The molecule has 0 heterocycles. The second-order valence-corrected chi connectivity index (χ2v) is 5.97. The molecule has 1 N–H and O–H groups in total. The van der Waals surface area contributed by atoms with Gasteiger partial charge >= 0.3 is 0 Å². The number of hydrogen-bond donors (Lipinski definition) is 1. The lowest BCUT2D eigenvalue weighted by atomic mass is 10.2. The van der Waals surface area contributed by atoms with Gasteiger partial charge in [-0.25, -0.2) is 13.1 Å². The number of sulfonamides is 1. The summed E-state index contributed by atoms with van der Waals surface area (Å²) in [4.78, 5) is 0.257. The van der Waals surface area contributed by atoms with Gasteiger partial charge in [0.15, 0.2) is 0 Å². The Kier molecular flexibility index (Phi) is 5.82. The first kappa shape index (κ1) is 16.0. The predicted molar refractivity (Wildman–Crippen MR) is 79.2 cm³/mol. The van der Waals surface area contributed by atoms with E-state index < -0.39 is 10.0 Å². The molecule has 0 fully saturated rings. The first-order chi connectivity index (χ1) is 8.58. The van der Waals surface area contributed by atoms with Crippen LogP contribution in [-0.2, 0) is 16.6 Å². The van der Waals surface area contributed by atoms with Crippen LogP contribution in [0.15, 0.2) is 59.5 Å². The van der Waals surface area contributed by atoms with Crippen molar-refractivity contribution in [1.29, 1.82) is 0 Å². The molecular weight excluding hydrogens is 305 g/mol. The van der Waals surface area contributed by atoms with Crippen LogP contribution in [0.5, 0.6) is 0 Å². The maximum atomic E-state index is 11.9. The average Bonchev–Trinajstić information content (AvgIpc) is 2.38. The minimum atomic E-state index is -3.46. The van der Waals surface area contributed by atoms with E-state index in [0.29, 0.717) is 5.02 Å². The number of hydrogen-bond acceptors (Lipinski definition) is 2. The molecule has 2 rings (SSSR count). The lowest BCUT2D eigenvalue weighted by Crippen LogP contribution is -2.23. The second-order valence-electron chi connectivity index (χ2n) is 3.77. The fraction of sp³-hybridized carbons (Fsp3) is 0.0769. The Labute approximate surface area is 124 Å². The van der Waals surface area contributed by atoms with Crippen LogP contribution in [-0.4, -0.2) is 8.42 Å². The average molecular weight is 318 g/mol. The van der Waals surface area contributed by atoms with Gasteiger partial charge < -0.3 is 0 Å². The van der Waals surface area contributed by atoms with Gasteiger partial charge in [0.05, 0.1) is 4.90 Å². The molecule has 0 unspecified atom stereocenters. The maximum absolute atomic E-state index is 11.9. The van der Waals surface area contributed by atoms with Crippen molar-refractivity contribution in [2.24, 2.45) is 0 Å². The quantitative estimate of drug-likeness (QED) is 0.941. The third-order valence-electron chi connectivity index (χ3n) is 2.41. The summed E-state index contributed by atoms with van der Waals surface area (Å²) in [7, 11) is -3.46. The summed E-state index contributed by atoms with van der Waals surface area (Å²) >= 11 is 5.83.